The molecule has 132 valence electrons. The molecule has 1 atom stereocenters. The van der Waals surface area contributed by atoms with Gasteiger partial charge in [-0.2, -0.15) is 0 Å². The number of rotatable bonds is 5. The van der Waals surface area contributed by atoms with E-state index in [1.54, 1.807) is 0 Å². The van der Waals surface area contributed by atoms with Crippen LogP contribution in [0.2, 0.25) is 0 Å². The van der Waals surface area contributed by atoms with Crippen LogP contribution in [-0.2, 0) is 11.3 Å². The molecule has 0 N–H and O–H groups in total. The summed E-state index contributed by atoms with van der Waals surface area (Å²) in [6, 6.07) is 0.435. The highest BCUT2D eigenvalue weighted by atomic mass is 16.2. The first-order valence-electron chi connectivity index (χ1n) is 9.61. The molecular formula is C19H30N4O. The Morgan fingerprint density at radius 3 is 2.88 bits per heavy atom. The van der Waals surface area contributed by atoms with E-state index in [2.05, 4.69) is 39.4 Å². The Labute approximate surface area is 145 Å². The molecule has 1 aromatic heterocycles. The molecule has 1 amide bonds. The Hall–Kier alpha value is -1.36. The Bertz CT molecular complexity index is 606. The Morgan fingerprint density at radius 1 is 1.29 bits per heavy atom. The van der Waals surface area contributed by atoms with E-state index >= 15 is 0 Å². The number of carbonyl (C=O) groups is 1. The van der Waals surface area contributed by atoms with Crippen LogP contribution in [0.15, 0.2) is 12.4 Å². The van der Waals surface area contributed by atoms with Crippen LogP contribution < -0.4 is 0 Å². The molecule has 2 aliphatic heterocycles. The van der Waals surface area contributed by atoms with E-state index in [1.165, 1.54) is 19.3 Å². The van der Waals surface area contributed by atoms with E-state index in [4.69, 9.17) is 0 Å². The van der Waals surface area contributed by atoms with Crippen LogP contribution in [0.5, 0.6) is 0 Å². The van der Waals surface area contributed by atoms with Gasteiger partial charge in [0.2, 0.25) is 5.91 Å². The van der Waals surface area contributed by atoms with Crippen LogP contribution in [-0.4, -0.2) is 51.4 Å². The third kappa shape index (κ3) is 2.99. The van der Waals surface area contributed by atoms with Crippen LogP contribution in [0.3, 0.4) is 0 Å². The van der Waals surface area contributed by atoms with E-state index in [1.807, 2.05) is 6.20 Å². The number of nitrogens with zero attached hydrogens (tertiary/aromatic N) is 4. The number of carbonyl (C=O) groups excluding carboxylic acids is 1. The molecule has 0 radical (unpaired) electrons. The highest BCUT2D eigenvalue weighted by Crippen LogP contribution is 2.42. The van der Waals surface area contributed by atoms with Crippen LogP contribution in [0.1, 0.15) is 57.8 Å². The molecule has 5 nitrogen and oxygen atoms in total. The lowest BCUT2D eigenvalue weighted by atomic mass is 9.78. The first kappa shape index (κ1) is 16.1. The first-order valence-corrected chi connectivity index (χ1v) is 9.61. The third-order valence-electron chi connectivity index (χ3n) is 6.10. The summed E-state index contributed by atoms with van der Waals surface area (Å²) in [6.07, 6.45) is 9.87. The Kier molecular flexibility index (Phi) is 4.15. The molecule has 0 unspecified atom stereocenters. The summed E-state index contributed by atoms with van der Waals surface area (Å²) in [5.74, 6) is 2.36. The van der Waals surface area contributed by atoms with Crippen molar-refractivity contribution in [2.24, 2.45) is 11.3 Å². The van der Waals surface area contributed by atoms with E-state index in [9.17, 15) is 4.79 Å². The average Bonchev–Trinajstić information content (AvgIpc) is 3.08. The first-order chi connectivity index (χ1) is 11.6. The van der Waals surface area contributed by atoms with Crippen LogP contribution >= 0.6 is 0 Å². The molecule has 5 heteroatoms. The summed E-state index contributed by atoms with van der Waals surface area (Å²) >= 11 is 0. The van der Waals surface area contributed by atoms with Crippen molar-refractivity contribution in [3.63, 3.8) is 0 Å². The molecule has 3 fully saturated rings. The fourth-order valence-electron chi connectivity index (χ4n) is 4.55. The quantitative estimate of drug-likeness (QED) is 0.833. The van der Waals surface area contributed by atoms with E-state index < -0.39 is 0 Å². The predicted molar refractivity (Wildman–Crippen MR) is 93.5 cm³/mol. The second kappa shape index (κ2) is 6.17. The summed E-state index contributed by atoms with van der Waals surface area (Å²) in [7, 11) is 0. The normalized spacial score (nSPS) is 28.5. The average molecular weight is 330 g/mol. The molecule has 0 bridgehead atoms. The molecule has 24 heavy (non-hydrogen) atoms. The lowest BCUT2D eigenvalue weighted by molar-refractivity contribution is -0.145. The van der Waals surface area contributed by atoms with Crippen molar-refractivity contribution < 1.29 is 4.79 Å². The summed E-state index contributed by atoms with van der Waals surface area (Å²) in [4.78, 5) is 22.3. The van der Waals surface area contributed by atoms with Gasteiger partial charge in [0.25, 0.3) is 0 Å². The number of imidazole rings is 1. The van der Waals surface area contributed by atoms with Gasteiger partial charge >= 0.3 is 0 Å². The number of hydrogen-bond acceptors (Lipinski definition) is 3. The molecule has 3 aliphatic rings. The van der Waals surface area contributed by atoms with Gasteiger partial charge in [-0.1, -0.05) is 0 Å². The van der Waals surface area contributed by atoms with Gasteiger partial charge in [-0.25, -0.2) is 4.98 Å². The maximum absolute atomic E-state index is 13.1. The van der Waals surface area contributed by atoms with Crippen molar-refractivity contribution in [2.45, 2.75) is 58.5 Å². The zero-order chi connectivity index (χ0) is 16.7. The zero-order valence-corrected chi connectivity index (χ0v) is 15.1. The van der Waals surface area contributed by atoms with E-state index in [0.29, 0.717) is 11.9 Å². The van der Waals surface area contributed by atoms with Crippen molar-refractivity contribution in [1.82, 2.24) is 19.4 Å². The van der Waals surface area contributed by atoms with Gasteiger partial charge in [-0.15, -0.1) is 0 Å². The van der Waals surface area contributed by atoms with Crippen molar-refractivity contribution in [2.75, 3.05) is 26.2 Å². The van der Waals surface area contributed by atoms with E-state index in [0.717, 1.165) is 57.3 Å². The second-order valence-corrected chi connectivity index (χ2v) is 8.38. The molecule has 1 aliphatic carbocycles. The standard InChI is InChI=1S/C19H30N4O/c1-15(2)23-11-8-20-17(23)13-21-10-7-19(14-21)6-3-9-22(18(19)24)12-16-4-5-16/h8,11,15-16H,3-7,9-10,12-14H2,1-2H3/t19-/m0/s1. The summed E-state index contributed by atoms with van der Waals surface area (Å²) in [6.45, 7) is 9.18. The van der Waals surface area contributed by atoms with Gasteiger partial charge < -0.3 is 9.47 Å². The number of amides is 1. The second-order valence-electron chi connectivity index (χ2n) is 8.38. The summed E-state index contributed by atoms with van der Waals surface area (Å²) in [5.41, 5.74) is -0.109. The number of aromatic nitrogens is 2. The molecule has 3 heterocycles. The highest BCUT2D eigenvalue weighted by Gasteiger charge is 2.48. The molecule has 1 aromatic rings. The molecule has 2 saturated heterocycles. The van der Waals surface area contributed by atoms with Crippen molar-refractivity contribution in [3.05, 3.63) is 18.2 Å². The molecule has 1 saturated carbocycles. The number of likely N-dealkylation sites (tertiary alicyclic amines) is 2. The SMILES string of the molecule is CC(C)n1ccnc1CN1CC[C@@]2(CCCN(CC3CC3)C2=O)C1. The monoisotopic (exact) mass is 330 g/mol. The minimum Gasteiger partial charge on any atom is -0.342 e. The fourth-order valence-corrected chi connectivity index (χ4v) is 4.55. The largest absolute Gasteiger partial charge is 0.342 e. The maximum Gasteiger partial charge on any atom is 0.230 e. The van der Waals surface area contributed by atoms with Gasteiger partial charge in [-0.05, 0) is 58.4 Å². The van der Waals surface area contributed by atoms with Crippen molar-refractivity contribution in [1.29, 1.82) is 0 Å². The van der Waals surface area contributed by atoms with Gasteiger partial charge in [0.15, 0.2) is 0 Å². The van der Waals surface area contributed by atoms with Crippen molar-refractivity contribution in [3.8, 4) is 0 Å². The lowest BCUT2D eigenvalue weighted by Crippen LogP contribution is -2.50. The summed E-state index contributed by atoms with van der Waals surface area (Å²) in [5, 5.41) is 0. The lowest BCUT2D eigenvalue weighted by Gasteiger charge is -2.39. The smallest absolute Gasteiger partial charge is 0.230 e. The van der Waals surface area contributed by atoms with Crippen LogP contribution in [0.25, 0.3) is 0 Å². The highest BCUT2D eigenvalue weighted by molar-refractivity contribution is 5.84. The maximum atomic E-state index is 13.1. The molecular weight excluding hydrogens is 300 g/mol. The van der Waals surface area contributed by atoms with Crippen molar-refractivity contribution >= 4 is 5.91 Å². The zero-order valence-electron chi connectivity index (χ0n) is 15.1. The number of piperidine rings is 1. The van der Waals surface area contributed by atoms with Gasteiger partial charge in [0, 0.05) is 38.1 Å². The molecule has 4 rings (SSSR count). The topological polar surface area (TPSA) is 41.4 Å². The van der Waals surface area contributed by atoms with Gasteiger partial charge in [-0.3, -0.25) is 9.69 Å². The number of hydrogen-bond donors (Lipinski definition) is 0. The minimum atomic E-state index is -0.109. The fraction of sp³-hybridized carbons (Fsp3) is 0.789. The Balaban J connectivity index is 1.43. The van der Waals surface area contributed by atoms with Crippen LogP contribution in [0.4, 0.5) is 0 Å². The molecule has 1 spiro atoms. The van der Waals surface area contributed by atoms with Gasteiger partial charge in [0.05, 0.1) is 12.0 Å². The van der Waals surface area contributed by atoms with E-state index in [-0.39, 0.29) is 5.41 Å². The van der Waals surface area contributed by atoms with Gasteiger partial charge in [0.1, 0.15) is 5.82 Å². The summed E-state index contributed by atoms with van der Waals surface area (Å²) < 4.78 is 2.24. The predicted octanol–water partition coefficient (Wildman–Crippen LogP) is 2.69. The Morgan fingerprint density at radius 2 is 2.12 bits per heavy atom. The molecule has 0 aromatic carbocycles. The van der Waals surface area contributed by atoms with Crippen LogP contribution in [0, 0.1) is 11.3 Å². The minimum absolute atomic E-state index is 0.109. The third-order valence-corrected chi connectivity index (χ3v) is 6.10.